The molecule has 5 nitrogen and oxygen atoms in total. The molecule has 2 rings (SSSR count). The van der Waals surface area contributed by atoms with E-state index in [0.29, 0.717) is 12.4 Å². The largest absolute Gasteiger partial charge is 0.492 e. The standard InChI is InChI=1S/C15H23N3O2S/c1-21-15(14(16)17-19)7-9-18(10-8-15)11-12-20-13-5-3-2-4-6-13/h2-6,19H,7-12H2,1H3,(H2,16,17). The van der Waals surface area contributed by atoms with Crippen LogP contribution in [0.5, 0.6) is 5.75 Å². The van der Waals surface area contributed by atoms with Crippen LogP contribution in [0.1, 0.15) is 12.8 Å². The summed E-state index contributed by atoms with van der Waals surface area (Å²) in [5, 5.41) is 12.1. The Hall–Kier alpha value is -1.40. The van der Waals surface area contributed by atoms with Gasteiger partial charge in [-0.15, -0.1) is 0 Å². The molecule has 0 aliphatic carbocycles. The van der Waals surface area contributed by atoms with E-state index in [1.807, 2.05) is 36.6 Å². The zero-order chi connectivity index (χ0) is 15.1. The number of oxime groups is 1. The van der Waals surface area contributed by atoms with Crippen LogP contribution in [0.2, 0.25) is 0 Å². The second-order valence-electron chi connectivity index (χ2n) is 5.19. The number of piperidine rings is 1. The second-order valence-corrected chi connectivity index (χ2v) is 6.38. The van der Waals surface area contributed by atoms with Crippen LogP contribution >= 0.6 is 11.8 Å². The van der Waals surface area contributed by atoms with Gasteiger partial charge in [0.2, 0.25) is 0 Å². The van der Waals surface area contributed by atoms with Crippen molar-refractivity contribution in [3.05, 3.63) is 30.3 Å². The van der Waals surface area contributed by atoms with Gasteiger partial charge >= 0.3 is 0 Å². The molecule has 1 aromatic rings. The summed E-state index contributed by atoms with van der Waals surface area (Å²) in [6.45, 7) is 3.46. The number of para-hydroxylation sites is 1. The van der Waals surface area contributed by atoms with Gasteiger partial charge in [0, 0.05) is 19.6 Å². The summed E-state index contributed by atoms with van der Waals surface area (Å²) in [5.74, 6) is 1.25. The third-order valence-electron chi connectivity index (χ3n) is 4.05. The van der Waals surface area contributed by atoms with E-state index in [0.717, 1.165) is 38.2 Å². The highest BCUT2D eigenvalue weighted by Gasteiger charge is 2.37. The van der Waals surface area contributed by atoms with Gasteiger partial charge in [0.15, 0.2) is 5.84 Å². The van der Waals surface area contributed by atoms with Gasteiger partial charge in [-0.05, 0) is 31.2 Å². The van der Waals surface area contributed by atoms with Crippen LogP contribution in [-0.2, 0) is 0 Å². The van der Waals surface area contributed by atoms with Gasteiger partial charge in [-0.2, -0.15) is 11.8 Å². The van der Waals surface area contributed by atoms with Gasteiger partial charge in [0.05, 0.1) is 4.75 Å². The van der Waals surface area contributed by atoms with Crippen LogP contribution in [0.4, 0.5) is 0 Å². The van der Waals surface area contributed by atoms with E-state index in [4.69, 9.17) is 15.7 Å². The Bertz CT molecular complexity index is 459. The van der Waals surface area contributed by atoms with E-state index in [1.54, 1.807) is 11.8 Å². The van der Waals surface area contributed by atoms with Crippen LogP contribution in [0.15, 0.2) is 35.5 Å². The number of ether oxygens (including phenoxy) is 1. The summed E-state index contributed by atoms with van der Waals surface area (Å²) in [6.07, 6.45) is 3.82. The van der Waals surface area contributed by atoms with Crippen LogP contribution in [-0.4, -0.2) is 53.2 Å². The Balaban J connectivity index is 1.76. The second kappa shape index (κ2) is 7.56. The topological polar surface area (TPSA) is 71.1 Å². The molecule has 1 aliphatic heterocycles. The maximum atomic E-state index is 8.93. The molecule has 0 amide bonds. The summed E-state index contributed by atoms with van der Waals surface area (Å²) in [6, 6.07) is 9.85. The lowest BCUT2D eigenvalue weighted by Gasteiger charge is -2.39. The molecule has 0 saturated carbocycles. The predicted molar refractivity (Wildman–Crippen MR) is 87.3 cm³/mol. The van der Waals surface area contributed by atoms with Crippen molar-refractivity contribution < 1.29 is 9.94 Å². The van der Waals surface area contributed by atoms with Crippen molar-refractivity contribution in [2.75, 3.05) is 32.5 Å². The molecular weight excluding hydrogens is 286 g/mol. The molecule has 1 saturated heterocycles. The molecule has 1 heterocycles. The monoisotopic (exact) mass is 309 g/mol. The molecule has 0 unspecified atom stereocenters. The van der Waals surface area contributed by atoms with Gasteiger partial charge in [0.1, 0.15) is 12.4 Å². The molecule has 1 aliphatic rings. The van der Waals surface area contributed by atoms with E-state index in [-0.39, 0.29) is 4.75 Å². The molecule has 1 fully saturated rings. The van der Waals surface area contributed by atoms with E-state index in [9.17, 15) is 0 Å². The number of hydrogen-bond acceptors (Lipinski definition) is 5. The molecule has 1 aromatic carbocycles. The molecule has 116 valence electrons. The molecule has 3 N–H and O–H groups in total. The number of likely N-dealkylation sites (tertiary alicyclic amines) is 1. The first-order chi connectivity index (χ1) is 10.2. The number of hydrogen-bond donors (Lipinski definition) is 2. The van der Waals surface area contributed by atoms with Crippen LogP contribution in [0, 0.1) is 0 Å². The van der Waals surface area contributed by atoms with Crippen LogP contribution in [0.3, 0.4) is 0 Å². The Labute approximate surface area is 130 Å². The van der Waals surface area contributed by atoms with Crippen molar-refractivity contribution >= 4 is 17.6 Å². The number of amidine groups is 1. The normalized spacial score (nSPS) is 19.4. The Morgan fingerprint density at radius 2 is 2.05 bits per heavy atom. The third-order valence-corrected chi connectivity index (χ3v) is 5.45. The highest BCUT2D eigenvalue weighted by atomic mass is 32.2. The summed E-state index contributed by atoms with van der Waals surface area (Å²) in [7, 11) is 0. The zero-order valence-electron chi connectivity index (χ0n) is 12.4. The fraction of sp³-hybridized carbons (Fsp3) is 0.533. The molecule has 0 radical (unpaired) electrons. The smallest absolute Gasteiger partial charge is 0.155 e. The van der Waals surface area contributed by atoms with Crippen LogP contribution in [0.25, 0.3) is 0 Å². The minimum absolute atomic E-state index is 0.217. The van der Waals surface area contributed by atoms with Crippen molar-refractivity contribution in [2.24, 2.45) is 10.9 Å². The molecule has 0 aromatic heterocycles. The average molecular weight is 309 g/mol. The lowest BCUT2D eigenvalue weighted by atomic mass is 9.94. The molecule has 0 spiro atoms. The summed E-state index contributed by atoms with van der Waals surface area (Å²) in [5.41, 5.74) is 5.85. The van der Waals surface area contributed by atoms with Gasteiger partial charge in [-0.3, -0.25) is 4.90 Å². The van der Waals surface area contributed by atoms with Gasteiger partial charge < -0.3 is 15.7 Å². The molecular formula is C15H23N3O2S. The first kappa shape index (κ1) is 16.0. The van der Waals surface area contributed by atoms with Gasteiger partial charge in [0.25, 0.3) is 0 Å². The fourth-order valence-electron chi connectivity index (χ4n) is 2.60. The molecule has 0 atom stereocenters. The van der Waals surface area contributed by atoms with E-state index >= 15 is 0 Å². The molecule has 6 heteroatoms. The summed E-state index contributed by atoms with van der Waals surface area (Å²) < 4.78 is 5.50. The SMILES string of the molecule is CSC1(C(N)=NO)CCN(CCOc2ccccc2)CC1. The number of benzene rings is 1. The van der Waals surface area contributed by atoms with Crippen LogP contribution < -0.4 is 10.5 Å². The Kier molecular flexibility index (Phi) is 5.76. The fourth-order valence-corrected chi connectivity index (χ4v) is 3.44. The molecule has 21 heavy (non-hydrogen) atoms. The Morgan fingerprint density at radius 1 is 1.38 bits per heavy atom. The summed E-state index contributed by atoms with van der Waals surface area (Å²) >= 11 is 1.67. The first-order valence-corrected chi connectivity index (χ1v) is 8.36. The number of nitrogens with two attached hydrogens (primary N) is 1. The number of rotatable bonds is 6. The predicted octanol–water partition coefficient (Wildman–Crippen LogP) is 2.01. The van der Waals surface area contributed by atoms with Crippen molar-refractivity contribution in [1.29, 1.82) is 0 Å². The van der Waals surface area contributed by atoms with E-state index < -0.39 is 0 Å². The third kappa shape index (κ3) is 4.04. The van der Waals surface area contributed by atoms with E-state index in [2.05, 4.69) is 10.1 Å². The van der Waals surface area contributed by atoms with Gasteiger partial charge in [-0.1, -0.05) is 23.4 Å². The first-order valence-electron chi connectivity index (χ1n) is 7.13. The highest BCUT2D eigenvalue weighted by Crippen LogP contribution is 2.34. The zero-order valence-corrected chi connectivity index (χ0v) is 13.2. The van der Waals surface area contributed by atoms with Crippen molar-refractivity contribution in [1.82, 2.24) is 4.90 Å². The maximum Gasteiger partial charge on any atom is 0.155 e. The minimum Gasteiger partial charge on any atom is -0.492 e. The number of nitrogens with zero attached hydrogens (tertiary/aromatic N) is 2. The van der Waals surface area contributed by atoms with Crippen molar-refractivity contribution in [3.63, 3.8) is 0 Å². The average Bonchev–Trinajstić information content (AvgIpc) is 2.56. The summed E-state index contributed by atoms with van der Waals surface area (Å²) in [4.78, 5) is 2.36. The van der Waals surface area contributed by atoms with Gasteiger partial charge in [-0.25, -0.2) is 0 Å². The lowest BCUT2D eigenvalue weighted by Crippen LogP contribution is -2.50. The Morgan fingerprint density at radius 3 is 2.62 bits per heavy atom. The quantitative estimate of drug-likeness (QED) is 0.364. The number of thioether (sulfide) groups is 1. The lowest BCUT2D eigenvalue weighted by molar-refractivity contribution is 0.177. The van der Waals surface area contributed by atoms with Crippen molar-refractivity contribution in [3.8, 4) is 5.75 Å². The maximum absolute atomic E-state index is 8.93. The van der Waals surface area contributed by atoms with Crippen molar-refractivity contribution in [2.45, 2.75) is 17.6 Å². The minimum atomic E-state index is -0.217. The van der Waals surface area contributed by atoms with E-state index in [1.165, 1.54) is 0 Å². The highest BCUT2D eigenvalue weighted by molar-refractivity contribution is 8.00. The molecule has 0 bridgehead atoms.